The number of hydrogen-bond acceptors (Lipinski definition) is 2. The smallest absolute Gasteiger partial charge is 0.363 e. The van der Waals surface area contributed by atoms with Crippen molar-refractivity contribution in [1.82, 2.24) is 4.98 Å². The zero-order chi connectivity index (χ0) is 20.3. The number of nitrogens with one attached hydrogen (secondary N) is 1. The van der Waals surface area contributed by atoms with Gasteiger partial charge in [0.15, 0.2) is 0 Å². The normalized spacial score (nSPS) is 12.6. The van der Waals surface area contributed by atoms with Crippen molar-refractivity contribution in [1.29, 1.82) is 5.26 Å². The zero-order valence-electron chi connectivity index (χ0n) is 14.2. The Bertz CT molecular complexity index is 995. The number of ether oxygens (including phenoxy) is 1. The minimum atomic E-state index is -4.65. The van der Waals surface area contributed by atoms with E-state index in [0.717, 1.165) is 5.56 Å². The summed E-state index contributed by atoms with van der Waals surface area (Å²) in [5.41, 5.74) is 0.266. The van der Waals surface area contributed by atoms with Gasteiger partial charge in [-0.25, -0.2) is 0 Å². The van der Waals surface area contributed by atoms with Gasteiger partial charge in [-0.2, -0.15) is 18.4 Å². The van der Waals surface area contributed by atoms with Crippen LogP contribution in [0, 0.1) is 11.3 Å². The first-order chi connectivity index (χ1) is 13.3. The lowest BCUT2D eigenvalue weighted by Gasteiger charge is -2.18. The third kappa shape index (κ3) is 4.41. The Balaban J connectivity index is 2.06. The fourth-order valence-electron chi connectivity index (χ4n) is 2.73. The Hall–Kier alpha value is -2.27. The molecule has 1 N–H and O–H groups in total. The summed E-state index contributed by atoms with van der Waals surface area (Å²) in [5.74, 6) is 0. The molecule has 0 radical (unpaired) electrons. The summed E-state index contributed by atoms with van der Waals surface area (Å²) >= 11 is 8.82. The number of hydrogen-bond donors (Lipinski definition) is 1. The molecule has 1 heterocycles. The second-order valence-electron chi connectivity index (χ2n) is 5.94. The third-order valence-corrected chi connectivity index (χ3v) is 5.10. The summed E-state index contributed by atoms with van der Waals surface area (Å²) in [6, 6.07) is 17.6. The van der Waals surface area contributed by atoms with Crippen LogP contribution in [0.3, 0.4) is 0 Å². The van der Waals surface area contributed by atoms with Crippen molar-refractivity contribution in [2.45, 2.75) is 18.9 Å². The van der Waals surface area contributed by atoms with Crippen LogP contribution in [-0.4, -0.2) is 4.98 Å². The quantitative estimate of drug-likeness (QED) is 0.456. The van der Waals surface area contributed by atoms with Gasteiger partial charge in [0.25, 0.3) is 0 Å². The van der Waals surface area contributed by atoms with Gasteiger partial charge in [0, 0.05) is 5.02 Å². The molecule has 1 unspecified atom stereocenters. The molecule has 3 rings (SSSR count). The zero-order valence-corrected chi connectivity index (χ0v) is 16.6. The molecule has 0 spiro atoms. The first-order valence-electron chi connectivity index (χ1n) is 8.11. The van der Waals surface area contributed by atoms with Gasteiger partial charge in [0.2, 0.25) is 0 Å². The van der Waals surface area contributed by atoms with Crippen molar-refractivity contribution in [2.24, 2.45) is 0 Å². The Morgan fingerprint density at radius 3 is 2.32 bits per heavy atom. The van der Waals surface area contributed by atoms with Gasteiger partial charge in [0.05, 0.1) is 22.3 Å². The highest BCUT2D eigenvalue weighted by molar-refractivity contribution is 9.10. The van der Waals surface area contributed by atoms with Crippen LogP contribution in [0.2, 0.25) is 5.02 Å². The van der Waals surface area contributed by atoms with E-state index in [9.17, 15) is 18.4 Å². The predicted octanol–water partition coefficient (Wildman–Crippen LogP) is 6.63. The van der Waals surface area contributed by atoms with Crippen LogP contribution in [0.5, 0.6) is 0 Å². The number of aromatic nitrogens is 1. The molecule has 28 heavy (non-hydrogen) atoms. The summed E-state index contributed by atoms with van der Waals surface area (Å²) in [6.07, 6.45) is -5.56. The molecule has 1 atom stereocenters. The Morgan fingerprint density at radius 1 is 1.11 bits per heavy atom. The van der Waals surface area contributed by atoms with Gasteiger partial charge in [-0.1, -0.05) is 54.1 Å². The van der Waals surface area contributed by atoms with Gasteiger partial charge in [-0.3, -0.25) is 0 Å². The third-order valence-electron chi connectivity index (χ3n) is 4.06. The van der Waals surface area contributed by atoms with Crippen LogP contribution >= 0.6 is 27.5 Å². The molecule has 2 aromatic carbocycles. The SMILES string of the molecule is N#Cc1c(C(OCc2ccccc2)c2ccc(Cl)cc2)[nH]c(C(F)(F)F)c1Br. The van der Waals surface area contributed by atoms with Crippen LogP contribution in [0.4, 0.5) is 13.2 Å². The highest BCUT2D eigenvalue weighted by Gasteiger charge is 2.39. The van der Waals surface area contributed by atoms with Gasteiger partial charge in [0.1, 0.15) is 17.9 Å². The molecular weight excluding hydrogens is 457 g/mol. The van der Waals surface area contributed by atoms with E-state index in [1.807, 2.05) is 36.4 Å². The molecule has 0 fully saturated rings. The highest BCUT2D eigenvalue weighted by atomic mass is 79.9. The Morgan fingerprint density at radius 2 is 1.75 bits per heavy atom. The molecule has 3 aromatic rings. The monoisotopic (exact) mass is 468 g/mol. The van der Waals surface area contributed by atoms with Crippen molar-refractivity contribution in [3.8, 4) is 6.07 Å². The van der Waals surface area contributed by atoms with Crippen molar-refractivity contribution in [2.75, 3.05) is 0 Å². The van der Waals surface area contributed by atoms with Gasteiger partial charge >= 0.3 is 6.18 Å². The van der Waals surface area contributed by atoms with E-state index in [1.165, 1.54) is 0 Å². The lowest BCUT2D eigenvalue weighted by atomic mass is 10.0. The van der Waals surface area contributed by atoms with E-state index in [0.29, 0.717) is 10.6 Å². The van der Waals surface area contributed by atoms with Gasteiger partial charge < -0.3 is 9.72 Å². The summed E-state index contributed by atoms with van der Waals surface area (Å²) in [4.78, 5) is 2.34. The summed E-state index contributed by atoms with van der Waals surface area (Å²) in [6.45, 7) is 0.150. The van der Waals surface area contributed by atoms with Crippen LogP contribution in [0.25, 0.3) is 0 Å². The molecule has 0 aliphatic heterocycles. The first-order valence-corrected chi connectivity index (χ1v) is 9.28. The molecule has 144 valence electrons. The van der Waals surface area contributed by atoms with Crippen LogP contribution in [0.15, 0.2) is 59.1 Å². The summed E-state index contributed by atoms with van der Waals surface area (Å²) in [7, 11) is 0. The molecule has 0 saturated carbocycles. The van der Waals surface area contributed by atoms with Crippen molar-refractivity contribution in [3.63, 3.8) is 0 Å². The van der Waals surface area contributed by atoms with Crippen molar-refractivity contribution < 1.29 is 17.9 Å². The number of halogens is 5. The first kappa shape index (κ1) is 20.5. The van der Waals surface area contributed by atoms with Crippen molar-refractivity contribution >= 4 is 27.5 Å². The molecule has 0 saturated heterocycles. The van der Waals surface area contributed by atoms with Crippen LogP contribution < -0.4 is 0 Å². The summed E-state index contributed by atoms with van der Waals surface area (Å²) < 4.78 is 45.6. The van der Waals surface area contributed by atoms with E-state index in [2.05, 4.69) is 20.9 Å². The number of nitrogens with zero attached hydrogens (tertiary/aromatic N) is 1. The van der Waals surface area contributed by atoms with E-state index < -0.39 is 18.0 Å². The second kappa shape index (κ2) is 8.39. The maximum atomic E-state index is 13.3. The fraction of sp³-hybridized carbons (Fsp3) is 0.150. The maximum absolute atomic E-state index is 13.3. The van der Waals surface area contributed by atoms with Gasteiger partial charge in [-0.15, -0.1) is 0 Å². The predicted molar refractivity (Wildman–Crippen MR) is 103 cm³/mol. The van der Waals surface area contributed by atoms with E-state index in [-0.39, 0.29) is 22.3 Å². The van der Waals surface area contributed by atoms with E-state index in [1.54, 1.807) is 24.3 Å². The molecule has 0 bridgehead atoms. The molecule has 8 heteroatoms. The largest absolute Gasteiger partial charge is 0.432 e. The number of benzene rings is 2. The molecular formula is C20H13BrClF3N2O. The molecule has 3 nitrogen and oxygen atoms in total. The summed E-state index contributed by atoms with van der Waals surface area (Å²) in [5, 5.41) is 9.94. The average Bonchev–Trinajstić information content (AvgIpc) is 3.00. The minimum Gasteiger partial charge on any atom is -0.363 e. The average molecular weight is 470 g/mol. The standard InChI is InChI=1S/C20H13BrClF3N2O/c21-16-15(10-26)17(27-19(16)20(23,24)25)18(13-6-8-14(22)9-7-13)28-11-12-4-2-1-3-5-12/h1-9,18,27H,11H2. The van der Waals surface area contributed by atoms with E-state index >= 15 is 0 Å². The van der Waals surface area contributed by atoms with Crippen LogP contribution in [-0.2, 0) is 17.5 Å². The minimum absolute atomic E-state index is 0.0277. The maximum Gasteiger partial charge on any atom is 0.432 e. The fourth-order valence-corrected chi connectivity index (χ4v) is 3.49. The Labute approximate surface area is 172 Å². The van der Waals surface area contributed by atoms with Gasteiger partial charge in [-0.05, 0) is 39.2 Å². The molecule has 0 amide bonds. The molecule has 1 aromatic heterocycles. The number of aromatic amines is 1. The Kier molecular flexibility index (Phi) is 6.14. The molecule has 0 aliphatic rings. The number of H-pyrrole nitrogens is 1. The number of rotatable bonds is 5. The van der Waals surface area contributed by atoms with E-state index in [4.69, 9.17) is 16.3 Å². The second-order valence-corrected chi connectivity index (χ2v) is 7.17. The molecule has 0 aliphatic carbocycles. The van der Waals surface area contributed by atoms with Crippen molar-refractivity contribution in [3.05, 3.63) is 92.2 Å². The topological polar surface area (TPSA) is 48.8 Å². The number of nitriles is 1. The lowest BCUT2D eigenvalue weighted by Crippen LogP contribution is -2.10. The van der Waals surface area contributed by atoms with Crippen LogP contribution in [0.1, 0.15) is 34.2 Å². The highest BCUT2D eigenvalue weighted by Crippen LogP contribution is 2.41. The number of alkyl halides is 3. The lowest BCUT2D eigenvalue weighted by molar-refractivity contribution is -0.141.